The summed E-state index contributed by atoms with van der Waals surface area (Å²) in [6, 6.07) is 0. The summed E-state index contributed by atoms with van der Waals surface area (Å²) in [6.45, 7) is 4.65. The van der Waals surface area contributed by atoms with Gasteiger partial charge in [0.05, 0.1) is 24.4 Å². The number of ether oxygens (including phenoxy) is 2. The first-order chi connectivity index (χ1) is 7.23. The van der Waals surface area contributed by atoms with Gasteiger partial charge in [-0.3, -0.25) is 4.90 Å². The Bertz CT molecular complexity index is 229. The van der Waals surface area contributed by atoms with Gasteiger partial charge in [0.15, 0.2) is 0 Å². The van der Waals surface area contributed by atoms with Gasteiger partial charge in [-0.1, -0.05) is 0 Å². The van der Waals surface area contributed by atoms with Gasteiger partial charge in [0.2, 0.25) is 0 Å². The van der Waals surface area contributed by atoms with Crippen molar-refractivity contribution in [2.45, 2.75) is 37.0 Å². The quantitative estimate of drug-likeness (QED) is 0.698. The van der Waals surface area contributed by atoms with Crippen molar-refractivity contribution in [3.63, 3.8) is 0 Å². The summed E-state index contributed by atoms with van der Waals surface area (Å²) in [5.41, 5.74) is 6.19. The molecule has 2 bridgehead atoms. The molecular weight excluding hydrogens is 192 g/mol. The van der Waals surface area contributed by atoms with Crippen LogP contribution in [0.5, 0.6) is 0 Å². The largest absolute Gasteiger partial charge is 0.379 e. The first-order valence-corrected chi connectivity index (χ1v) is 5.98. The summed E-state index contributed by atoms with van der Waals surface area (Å²) < 4.78 is 11.2. The Morgan fingerprint density at radius 1 is 1.27 bits per heavy atom. The number of likely N-dealkylation sites (tertiary alicyclic amines) is 1. The third-order valence-electron chi connectivity index (χ3n) is 3.79. The van der Waals surface area contributed by atoms with Crippen LogP contribution in [-0.2, 0) is 9.47 Å². The summed E-state index contributed by atoms with van der Waals surface area (Å²) in [7, 11) is 0. The Labute approximate surface area is 90.7 Å². The molecule has 0 amide bonds. The fourth-order valence-electron chi connectivity index (χ4n) is 3.02. The molecule has 4 nitrogen and oxygen atoms in total. The van der Waals surface area contributed by atoms with Gasteiger partial charge < -0.3 is 15.2 Å². The Balaban J connectivity index is 1.59. The van der Waals surface area contributed by atoms with E-state index in [4.69, 9.17) is 15.2 Å². The van der Waals surface area contributed by atoms with E-state index in [1.807, 2.05) is 0 Å². The molecule has 3 heterocycles. The minimum Gasteiger partial charge on any atom is -0.379 e. The van der Waals surface area contributed by atoms with Gasteiger partial charge in [-0.2, -0.15) is 0 Å². The average molecular weight is 212 g/mol. The molecule has 3 rings (SSSR count). The molecule has 0 radical (unpaired) electrons. The van der Waals surface area contributed by atoms with Gasteiger partial charge in [0.1, 0.15) is 0 Å². The van der Waals surface area contributed by atoms with Crippen LogP contribution in [0.3, 0.4) is 0 Å². The smallest absolute Gasteiger partial charge is 0.0707 e. The number of fused-ring (bicyclic) bond motifs is 2. The van der Waals surface area contributed by atoms with Crippen molar-refractivity contribution in [1.29, 1.82) is 0 Å². The number of rotatable bonds is 2. The molecule has 3 aliphatic heterocycles. The maximum absolute atomic E-state index is 6.29. The summed E-state index contributed by atoms with van der Waals surface area (Å²) >= 11 is 0. The van der Waals surface area contributed by atoms with Crippen LogP contribution in [-0.4, -0.2) is 55.5 Å². The predicted molar refractivity (Wildman–Crippen MR) is 56.7 cm³/mol. The van der Waals surface area contributed by atoms with Crippen LogP contribution >= 0.6 is 0 Å². The van der Waals surface area contributed by atoms with Crippen LogP contribution in [0.25, 0.3) is 0 Å². The normalized spacial score (nSPS) is 46.2. The number of nitrogens with two attached hydrogens (primary N) is 1. The average Bonchev–Trinajstić information content (AvgIpc) is 2.74. The van der Waals surface area contributed by atoms with Crippen molar-refractivity contribution >= 4 is 0 Å². The minimum atomic E-state index is -0.100. The molecule has 3 unspecified atom stereocenters. The zero-order valence-electron chi connectivity index (χ0n) is 9.15. The number of nitrogens with zero attached hydrogens (tertiary/aromatic N) is 1. The molecule has 0 aromatic rings. The first kappa shape index (κ1) is 10.0. The minimum absolute atomic E-state index is 0.100. The highest BCUT2D eigenvalue weighted by molar-refractivity contribution is 4.94. The molecule has 3 saturated heterocycles. The van der Waals surface area contributed by atoms with Crippen molar-refractivity contribution in [2.75, 3.05) is 32.8 Å². The van der Waals surface area contributed by atoms with Gasteiger partial charge >= 0.3 is 0 Å². The number of hydrogen-bond acceptors (Lipinski definition) is 4. The van der Waals surface area contributed by atoms with Gasteiger partial charge in [-0.25, -0.2) is 0 Å². The summed E-state index contributed by atoms with van der Waals surface area (Å²) in [5, 5.41) is 0. The van der Waals surface area contributed by atoms with Crippen molar-refractivity contribution < 1.29 is 9.47 Å². The van der Waals surface area contributed by atoms with Crippen molar-refractivity contribution in [1.82, 2.24) is 4.90 Å². The highest BCUT2D eigenvalue weighted by Crippen LogP contribution is 2.28. The SMILES string of the molecule is NC1(CN2CC3CCC(C2)O3)CCOC1. The van der Waals surface area contributed by atoms with E-state index in [1.165, 1.54) is 12.8 Å². The molecule has 0 saturated carbocycles. The third-order valence-corrected chi connectivity index (χ3v) is 3.79. The molecule has 3 fully saturated rings. The second-order valence-corrected chi connectivity index (χ2v) is 5.32. The molecule has 15 heavy (non-hydrogen) atoms. The molecular formula is C11H20N2O2. The maximum atomic E-state index is 6.29. The lowest BCUT2D eigenvalue weighted by molar-refractivity contribution is -0.0444. The topological polar surface area (TPSA) is 47.7 Å². The van der Waals surface area contributed by atoms with E-state index in [9.17, 15) is 0 Å². The van der Waals surface area contributed by atoms with E-state index in [0.717, 1.165) is 39.3 Å². The van der Waals surface area contributed by atoms with Crippen LogP contribution in [0.2, 0.25) is 0 Å². The van der Waals surface area contributed by atoms with Gasteiger partial charge in [-0.15, -0.1) is 0 Å². The molecule has 86 valence electrons. The molecule has 4 heteroatoms. The van der Waals surface area contributed by atoms with Gasteiger partial charge in [0.25, 0.3) is 0 Å². The zero-order chi connectivity index (χ0) is 10.3. The summed E-state index contributed by atoms with van der Waals surface area (Å²) in [5.74, 6) is 0. The van der Waals surface area contributed by atoms with E-state index >= 15 is 0 Å². The third kappa shape index (κ3) is 2.04. The molecule has 3 atom stereocenters. The first-order valence-electron chi connectivity index (χ1n) is 5.98. The second-order valence-electron chi connectivity index (χ2n) is 5.32. The number of hydrogen-bond donors (Lipinski definition) is 1. The van der Waals surface area contributed by atoms with Gasteiger partial charge in [-0.05, 0) is 19.3 Å². The predicted octanol–water partition coefficient (Wildman–Crippen LogP) is -0.0326. The van der Waals surface area contributed by atoms with Crippen LogP contribution in [0.4, 0.5) is 0 Å². The Morgan fingerprint density at radius 3 is 2.60 bits per heavy atom. The van der Waals surface area contributed by atoms with Crippen LogP contribution < -0.4 is 5.73 Å². The number of morpholine rings is 1. The van der Waals surface area contributed by atoms with E-state index in [0.29, 0.717) is 12.2 Å². The molecule has 0 aliphatic carbocycles. The Kier molecular flexibility index (Phi) is 2.47. The van der Waals surface area contributed by atoms with Crippen molar-refractivity contribution in [3.8, 4) is 0 Å². The molecule has 0 spiro atoms. The fraction of sp³-hybridized carbons (Fsp3) is 1.00. The molecule has 2 N–H and O–H groups in total. The standard InChI is InChI=1S/C11H20N2O2/c12-11(3-4-14-8-11)7-13-5-9-1-2-10(6-13)15-9/h9-10H,1-8,12H2. The monoisotopic (exact) mass is 212 g/mol. The lowest BCUT2D eigenvalue weighted by Crippen LogP contribution is -2.55. The molecule has 0 aromatic carbocycles. The second kappa shape index (κ2) is 3.70. The zero-order valence-corrected chi connectivity index (χ0v) is 9.15. The van der Waals surface area contributed by atoms with Crippen LogP contribution in [0.1, 0.15) is 19.3 Å². The van der Waals surface area contributed by atoms with E-state index < -0.39 is 0 Å². The lowest BCUT2D eigenvalue weighted by atomic mass is 9.99. The van der Waals surface area contributed by atoms with E-state index in [2.05, 4.69) is 4.90 Å². The van der Waals surface area contributed by atoms with E-state index in [-0.39, 0.29) is 5.54 Å². The summed E-state index contributed by atoms with van der Waals surface area (Å²) in [4.78, 5) is 2.47. The van der Waals surface area contributed by atoms with Gasteiger partial charge in [0, 0.05) is 26.2 Å². The fourth-order valence-corrected chi connectivity index (χ4v) is 3.02. The maximum Gasteiger partial charge on any atom is 0.0707 e. The lowest BCUT2D eigenvalue weighted by Gasteiger charge is -2.36. The Morgan fingerprint density at radius 2 is 2.00 bits per heavy atom. The highest BCUT2D eigenvalue weighted by atomic mass is 16.5. The molecule has 0 aromatic heterocycles. The van der Waals surface area contributed by atoms with Crippen molar-refractivity contribution in [3.05, 3.63) is 0 Å². The van der Waals surface area contributed by atoms with Crippen LogP contribution in [0, 0.1) is 0 Å². The van der Waals surface area contributed by atoms with E-state index in [1.54, 1.807) is 0 Å². The highest BCUT2D eigenvalue weighted by Gasteiger charge is 2.38. The van der Waals surface area contributed by atoms with Crippen LogP contribution in [0.15, 0.2) is 0 Å². The molecule has 3 aliphatic rings. The van der Waals surface area contributed by atoms with Crippen molar-refractivity contribution in [2.24, 2.45) is 5.73 Å². The Hall–Kier alpha value is -0.160. The summed E-state index contributed by atoms with van der Waals surface area (Å²) in [6.07, 6.45) is 4.40.